The molecule has 2 aliphatic rings. The molecule has 0 aliphatic carbocycles. The lowest BCUT2D eigenvalue weighted by atomic mass is 10.1. The molecule has 142 valence electrons. The number of benzene rings is 2. The van der Waals surface area contributed by atoms with E-state index in [1.54, 1.807) is 0 Å². The van der Waals surface area contributed by atoms with E-state index in [2.05, 4.69) is 67.9 Å². The number of fused-ring (bicyclic) bond motifs is 3. The van der Waals surface area contributed by atoms with Gasteiger partial charge in [0.2, 0.25) is 5.95 Å². The Kier molecular flexibility index (Phi) is 4.45. The molecule has 0 spiro atoms. The van der Waals surface area contributed by atoms with Crippen LogP contribution in [0.2, 0.25) is 0 Å². The summed E-state index contributed by atoms with van der Waals surface area (Å²) in [6.45, 7) is 5.16. The Balaban J connectivity index is 1.40. The zero-order valence-corrected chi connectivity index (χ0v) is 15.9. The van der Waals surface area contributed by atoms with Crippen molar-refractivity contribution in [3.05, 3.63) is 93.4 Å². The number of aromatic nitrogens is 2. The molecular formula is C23H24N4O. The minimum Gasteiger partial charge on any atom is -0.336 e. The van der Waals surface area contributed by atoms with Gasteiger partial charge in [0.15, 0.2) is 0 Å². The van der Waals surface area contributed by atoms with Crippen LogP contribution in [0.5, 0.6) is 0 Å². The van der Waals surface area contributed by atoms with Gasteiger partial charge in [-0.15, -0.1) is 0 Å². The van der Waals surface area contributed by atoms with Crippen LogP contribution in [-0.2, 0) is 32.6 Å². The van der Waals surface area contributed by atoms with Crippen molar-refractivity contribution in [3.8, 4) is 0 Å². The van der Waals surface area contributed by atoms with Crippen LogP contribution in [0.25, 0.3) is 0 Å². The van der Waals surface area contributed by atoms with Crippen LogP contribution in [0.4, 0.5) is 5.95 Å². The van der Waals surface area contributed by atoms with E-state index in [0.717, 1.165) is 50.7 Å². The van der Waals surface area contributed by atoms with Crippen LogP contribution in [0.15, 0.2) is 65.5 Å². The van der Waals surface area contributed by atoms with Crippen LogP contribution >= 0.6 is 0 Å². The van der Waals surface area contributed by atoms with Crippen molar-refractivity contribution >= 4 is 5.95 Å². The summed E-state index contributed by atoms with van der Waals surface area (Å²) in [6, 6.07) is 20.9. The smallest absolute Gasteiger partial charge is 0.279 e. The Morgan fingerprint density at radius 1 is 0.821 bits per heavy atom. The summed E-state index contributed by atoms with van der Waals surface area (Å²) >= 11 is 0. The molecule has 5 rings (SSSR count). The molecule has 0 bridgehead atoms. The molecule has 3 aromatic rings. The van der Waals surface area contributed by atoms with Gasteiger partial charge in [-0.1, -0.05) is 60.7 Å². The van der Waals surface area contributed by atoms with E-state index in [1.807, 2.05) is 12.1 Å². The number of nitrogens with zero attached hydrogens (tertiary/aromatic N) is 4. The molecule has 0 amide bonds. The lowest BCUT2D eigenvalue weighted by Crippen LogP contribution is -2.37. The minimum absolute atomic E-state index is 0.0565. The Labute approximate surface area is 164 Å². The van der Waals surface area contributed by atoms with Gasteiger partial charge in [-0.05, 0) is 11.1 Å². The molecule has 0 radical (unpaired) electrons. The molecule has 5 nitrogen and oxygen atoms in total. The topological polar surface area (TPSA) is 41.4 Å². The summed E-state index contributed by atoms with van der Waals surface area (Å²) in [4.78, 5) is 21.9. The summed E-state index contributed by atoms with van der Waals surface area (Å²) in [5, 5.41) is 0. The predicted octanol–water partition coefficient (Wildman–Crippen LogP) is 2.82. The second kappa shape index (κ2) is 7.24. The zero-order chi connectivity index (χ0) is 18.9. The van der Waals surface area contributed by atoms with Crippen molar-refractivity contribution in [1.29, 1.82) is 0 Å². The third-order valence-corrected chi connectivity index (χ3v) is 5.76. The van der Waals surface area contributed by atoms with Crippen LogP contribution < -0.4 is 10.5 Å². The van der Waals surface area contributed by atoms with Crippen molar-refractivity contribution in [2.24, 2.45) is 0 Å². The molecule has 0 saturated heterocycles. The average molecular weight is 372 g/mol. The second-order valence-corrected chi connectivity index (χ2v) is 7.65. The highest BCUT2D eigenvalue weighted by atomic mass is 16.1. The highest BCUT2D eigenvalue weighted by Crippen LogP contribution is 2.26. The number of hydrogen-bond acceptors (Lipinski definition) is 4. The molecule has 2 aliphatic heterocycles. The third kappa shape index (κ3) is 3.22. The molecule has 2 aromatic carbocycles. The SMILES string of the molecule is O=c1nc2n(c3c1CN(Cc1ccccc1)CC3)CCN2Cc1ccccc1. The van der Waals surface area contributed by atoms with Crippen molar-refractivity contribution < 1.29 is 0 Å². The lowest BCUT2D eigenvalue weighted by molar-refractivity contribution is 0.239. The monoisotopic (exact) mass is 372 g/mol. The maximum Gasteiger partial charge on any atom is 0.279 e. The molecule has 0 N–H and O–H groups in total. The highest BCUT2D eigenvalue weighted by molar-refractivity contribution is 5.41. The van der Waals surface area contributed by atoms with Gasteiger partial charge in [-0.2, -0.15) is 4.98 Å². The van der Waals surface area contributed by atoms with Crippen LogP contribution in [0, 0.1) is 0 Å². The van der Waals surface area contributed by atoms with Gasteiger partial charge in [0.05, 0.1) is 5.56 Å². The van der Waals surface area contributed by atoms with E-state index in [-0.39, 0.29) is 5.56 Å². The van der Waals surface area contributed by atoms with E-state index in [0.29, 0.717) is 6.54 Å². The first kappa shape index (κ1) is 17.2. The fourth-order valence-corrected chi connectivity index (χ4v) is 4.36. The average Bonchev–Trinajstić information content (AvgIpc) is 3.12. The molecule has 0 unspecified atom stereocenters. The number of hydrogen-bond donors (Lipinski definition) is 0. The van der Waals surface area contributed by atoms with Crippen molar-refractivity contribution in [2.75, 3.05) is 18.0 Å². The van der Waals surface area contributed by atoms with Crippen molar-refractivity contribution in [3.63, 3.8) is 0 Å². The molecule has 5 heteroatoms. The van der Waals surface area contributed by atoms with Gasteiger partial charge in [0.1, 0.15) is 0 Å². The number of anilines is 1. The fourth-order valence-electron chi connectivity index (χ4n) is 4.36. The first-order valence-electron chi connectivity index (χ1n) is 9.96. The zero-order valence-electron chi connectivity index (χ0n) is 15.9. The summed E-state index contributed by atoms with van der Waals surface area (Å²) in [6.07, 6.45) is 0.909. The Morgan fingerprint density at radius 2 is 1.50 bits per heavy atom. The predicted molar refractivity (Wildman–Crippen MR) is 110 cm³/mol. The van der Waals surface area contributed by atoms with E-state index in [1.165, 1.54) is 16.8 Å². The fraction of sp³-hybridized carbons (Fsp3) is 0.304. The molecular weight excluding hydrogens is 348 g/mol. The standard InChI is InChI=1S/C23H24N4O/c28-22-20-17-25(15-18-7-3-1-4-8-18)12-11-21(20)27-14-13-26(23(27)24-22)16-19-9-5-2-6-10-19/h1-10H,11-17H2. The summed E-state index contributed by atoms with van der Waals surface area (Å²) in [7, 11) is 0. The van der Waals surface area contributed by atoms with E-state index in [4.69, 9.17) is 0 Å². The first-order chi connectivity index (χ1) is 13.8. The van der Waals surface area contributed by atoms with Gasteiger partial charge in [0.25, 0.3) is 5.56 Å². The summed E-state index contributed by atoms with van der Waals surface area (Å²) in [5.74, 6) is 0.837. The largest absolute Gasteiger partial charge is 0.336 e. The second-order valence-electron chi connectivity index (χ2n) is 7.65. The van der Waals surface area contributed by atoms with Crippen LogP contribution in [-0.4, -0.2) is 27.5 Å². The summed E-state index contributed by atoms with van der Waals surface area (Å²) < 4.78 is 2.28. The normalized spacial score (nSPS) is 16.1. The molecule has 1 aromatic heterocycles. The Hall–Kier alpha value is -2.92. The molecule has 3 heterocycles. The first-order valence-corrected chi connectivity index (χ1v) is 9.96. The van der Waals surface area contributed by atoms with Gasteiger partial charge < -0.3 is 9.47 Å². The molecule has 0 fully saturated rings. The summed E-state index contributed by atoms with van der Waals surface area (Å²) in [5.41, 5.74) is 4.55. The molecule has 0 saturated carbocycles. The minimum atomic E-state index is -0.0565. The van der Waals surface area contributed by atoms with E-state index < -0.39 is 0 Å². The van der Waals surface area contributed by atoms with Gasteiger partial charge in [0, 0.05) is 51.4 Å². The van der Waals surface area contributed by atoms with E-state index >= 15 is 0 Å². The Bertz CT molecular complexity index is 1030. The molecule has 28 heavy (non-hydrogen) atoms. The van der Waals surface area contributed by atoms with Crippen molar-refractivity contribution in [2.45, 2.75) is 32.6 Å². The van der Waals surface area contributed by atoms with Crippen LogP contribution in [0.3, 0.4) is 0 Å². The lowest BCUT2D eigenvalue weighted by Gasteiger charge is -2.30. The van der Waals surface area contributed by atoms with Gasteiger partial charge in [-0.3, -0.25) is 9.69 Å². The maximum absolute atomic E-state index is 12.8. The van der Waals surface area contributed by atoms with Crippen molar-refractivity contribution in [1.82, 2.24) is 14.5 Å². The molecule has 0 atom stereocenters. The quantitative estimate of drug-likeness (QED) is 0.706. The number of rotatable bonds is 4. The highest BCUT2D eigenvalue weighted by Gasteiger charge is 2.29. The van der Waals surface area contributed by atoms with E-state index in [9.17, 15) is 4.79 Å². The third-order valence-electron chi connectivity index (χ3n) is 5.76. The Morgan fingerprint density at radius 3 is 2.21 bits per heavy atom. The maximum atomic E-state index is 12.8. The van der Waals surface area contributed by atoms with Crippen LogP contribution in [0.1, 0.15) is 22.4 Å². The van der Waals surface area contributed by atoms with Gasteiger partial charge in [-0.25, -0.2) is 0 Å². The van der Waals surface area contributed by atoms with Gasteiger partial charge >= 0.3 is 0 Å².